The van der Waals surface area contributed by atoms with Gasteiger partial charge in [-0.2, -0.15) is 0 Å². The molecule has 1 fully saturated rings. The van der Waals surface area contributed by atoms with Crippen molar-refractivity contribution in [3.05, 3.63) is 11.3 Å². The largest absolute Gasteiger partial charge is 0.367 e. The molecule has 0 atom stereocenters. The van der Waals surface area contributed by atoms with Crippen LogP contribution >= 0.6 is 0 Å². The SMILES string of the molecule is CC1(C)CCc2c(NCC3CC3)noc2C1. The van der Waals surface area contributed by atoms with E-state index in [2.05, 4.69) is 24.3 Å². The molecule has 1 aromatic heterocycles. The second-order valence-corrected chi connectivity index (χ2v) is 6.10. The van der Waals surface area contributed by atoms with Gasteiger partial charge in [-0.1, -0.05) is 19.0 Å². The average Bonchev–Trinajstić information content (AvgIpc) is 2.96. The molecule has 0 unspecified atom stereocenters. The molecule has 16 heavy (non-hydrogen) atoms. The van der Waals surface area contributed by atoms with Gasteiger partial charge in [-0.25, -0.2) is 0 Å². The van der Waals surface area contributed by atoms with Crippen molar-refractivity contribution in [1.29, 1.82) is 0 Å². The monoisotopic (exact) mass is 220 g/mol. The molecule has 1 N–H and O–H groups in total. The van der Waals surface area contributed by atoms with Crippen LogP contribution in [0.25, 0.3) is 0 Å². The van der Waals surface area contributed by atoms with Crippen molar-refractivity contribution in [2.45, 2.75) is 46.0 Å². The Morgan fingerprint density at radius 1 is 1.44 bits per heavy atom. The number of hydrogen-bond donors (Lipinski definition) is 1. The molecule has 0 amide bonds. The minimum Gasteiger partial charge on any atom is -0.367 e. The minimum absolute atomic E-state index is 0.375. The van der Waals surface area contributed by atoms with Crippen LogP contribution in [0.2, 0.25) is 0 Å². The van der Waals surface area contributed by atoms with Crippen LogP contribution in [0.15, 0.2) is 4.52 Å². The fraction of sp³-hybridized carbons (Fsp3) is 0.769. The normalized spacial score (nSPS) is 22.9. The van der Waals surface area contributed by atoms with Crippen molar-refractivity contribution >= 4 is 5.82 Å². The summed E-state index contributed by atoms with van der Waals surface area (Å²) in [4.78, 5) is 0. The Hall–Kier alpha value is -0.990. The third kappa shape index (κ3) is 1.95. The molecule has 88 valence electrons. The Bertz CT molecular complexity index is 391. The van der Waals surface area contributed by atoms with Crippen LogP contribution in [0, 0.1) is 11.3 Å². The van der Waals surface area contributed by atoms with Gasteiger partial charge in [0, 0.05) is 18.5 Å². The summed E-state index contributed by atoms with van der Waals surface area (Å²) >= 11 is 0. The first-order valence-corrected chi connectivity index (χ1v) is 6.35. The van der Waals surface area contributed by atoms with Gasteiger partial charge in [-0.05, 0) is 37.0 Å². The van der Waals surface area contributed by atoms with Gasteiger partial charge in [0.2, 0.25) is 0 Å². The molecule has 2 aliphatic rings. The fourth-order valence-electron chi connectivity index (χ4n) is 2.43. The van der Waals surface area contributed by atoms with E-state index in [0.29, 0.717) is 5.41 Å². The number of rotatable bonds is 3. The van der Waals surface area contributed by atoms with E-state index in [1.165, 1.54) is 24.8 Å². The van der Waals surface area contributed by atoms with Gasteiger partial charge < -0.3 is 9.84 Å². The zero-order valence-electron chi connectivity index (χ0n) is 10.2. The first-order valence-electron chi connectivity index (χ1n) is 6.35. The number of nitrogens with one attached hydrogen (secondary N) is 1. The zero-order chi connectivity index (χ0) is 11.2. The molecular weight excluding hydrogens is 200 g/mol. The molecule has 0 spiro atoms. The van der Waals surface area contributed by atoms with Crippen LogP contribution in [0.4, 0.5) is 5.82 Å². The van der Waals surface area contributed by atoms with Crippen molar-refractivity contribution in [2.75, 3.05) is 11.9 Å². The Balaban J connectivity index is 1.73. The molecule has 0 radical (unpaired) electrons. The smallest absolute Gasteiger partial charge is 0.172 e. The molecule has 1 saturated carbocycles. The quantitative estimate of drug-likeness (QED) is 0.851. The summed E-state index contributed by atoms with van der Waals surface area (Å²) < 4.78 is 5.46. The van der Waals surface area contributed by atoms with E-state index in [1.807, 2.05) is 0 Å². The molecule has 0 aromatic carbocycles. The first kappa shape index (κ1) is 10.2. The van der Waals surface area contributed by atoms with Crippen LogP contribution in [-0.2, 0) is 12.8 Å². The van der Waals surface area contributed by atoms with E-state index in [-0.39, 0.29) is 0 Å². The summed E-state index contributed by atoms with van der Waals surface area (Å²) in [6.07, 6.45) is 6.12. The van der Waals surface area contributed by atoms with Gasteiger partial charge in [0.25, 0.3) is 0 Å². The zero-order valence-corrected chi connectivity index (χ0v) is 10.2. The number of anilines is 1. The van der Waals surface area contributed by atoms with Crippen LogP contribution < -0.4 is 5.32 Å². The number of aromatic nitrogens is 1. The highest BCUT2D eigenvalue weighted by Crippen LogP contribution is 2.38. The summed E-state index contributed by atoms with van der Waals surface area (Å²) in [6.45, 7) is 5.67. The minimum atomic E-state index is 0.375. The van der Waals surface area contributed by atoms with Crippen molar-refractivity contribution < 1.29 is 4.52 Å². The predicted octanol–water partition coefficient (Wildman–Crippen LogP) is 3.01. The van der Waals surface area contributed by atoms with Gasteiger partial charge in [0.1, 0.15) is 5.76 Å². The lowest BCUT2D eigenvalue weighted by Crippen LogP contribution is -2.21. The maximum absolute atomic E-state index is 5.46. The van der Waals surface area contributed by atoms with E-state index in [9.17, 15) is 0 Å². The highest BCUT2D eigenvalue weighted by atomic mass is 16.5. The van der Waals surface area contributed by atoms with Crippen LogP contribution in [0.5, 0.6) is 0 Å². The van der Waals surface area contributed by atoms with Crippen molar-refractivity contribution in [2.24, 2.45) is 11.3 Å². The summed E-state index contributed by atoms with van der Waals surface area (Å²) in [5.41, 5.74) is 1.71. The number of nitrogens with zero attached hydrogens (tertiary/aromatic N) is 1. The van der Waals surface area contributed by atoms with Crippen molar-refractivity contribution in [1.82, 2.24) is 5.16 Å². The highest BCUT2D eigenvalue weighted by molar-refractivity contribution is 5.46. The summed E-state index contributed by atoms with van der Waals surface area (Å²) in [5, 5.41) is 7.61. The van der Waals surface area contributed by atoms with Gasteiger partial charge >= 0.3 is 0 Å². The van der Waals surface area contributed by atoms with Gasteiger partial charge in [-0.3, -0.25) is 0 Å². The molecule has 0 saturated heterocycles. The third-order valence-corrected chi connectivity index (χ3v) is 3.82. The average molecular weight is 220 g/mol. The topological polar surface area (TPSA) is 38.1 Å². The highest BCUT2D eigenvalue weighted by Gasteiger charge is 2.31. The Labute approximate surface area is 96.6 Å². The van der Waals surface area contributed by atoms with Crippen LogP contribution in [0.3, 0.4) is 0 Å². The van der Waals surface area contributed by atoms with E-state index in [4.69, 9.17) is 4.52 Å². The van der Waals surface area contributed by atoms with E-state index in [0.717, 1.165) is 36.9 Å². The van der Waals surface area contributed by atoms with Gasteiger partial charge in [-0.15, -0.1) is 0 Å². The van der Waals surface area contributed by atoms with Gasteiger partial charge in [0.15, 0.2) is 5.82 Å². The molecule has 1 aromatic rings. The van der Waals surface area contributed by atoms with E-state index < -0.39 is 0 Å². The second-order valence-electron chi connectivity index (χ2n) is 6.10. The molecule has 0 bridgehead atoms. The molecule has 3 rings (SSSR count). The molecule has 0 aliphatic heterocycles. The third-order valence-electron chi connectivity index (χ3n) is 3.82. The molecule has 2 aliphatic carbocycles. The van der Waals surface area contributed by atoms with Crippen molar-refractivity contribution in [3.63, 3.8) is 0 Å². The maximum atomic E-state index is 5.46. The molecule has 3 heteroatoms. The molecule has 3 nitrogen and oxygen atoms in total. The lowest BCUT2D eigenvalue weighted by atomic mass is 9.77. The lowest BCUT2D eigenvalue weighted by Gasteiger charge is -2.27. The van der Waals surface area contributed by atoms with Crippen LogP contribution in [-0.4, -0.2) is 11.7 Å². The number of fused-ring (bicyclic) bond motifs is 1. The summed E-state index contributed by atoms with van der Waals surface area (Å²) in [6, 6.07) is 0. The van der Waals surface area contributed by atoms with Crippen LogP contribution in [0.1, 0.15) is 44.4 Å². The summed E-state index contributed by atoms with van der Waals surface area (Å²) in [7, 11) is 0. The fourth-order valence-corrected chi connectivity index (χ4v) is 2.43. The Morgan fingerprint density at radius 3 is 3.00 bits per heavy atom. The number of hydrogen-bond acceptors (Lipinski definition) is 3. The van der Waals surface area contributed by atoms with E-state index in [1.54, 1.807) is 0 Å². The Kier molecular flexibility index (Phi) is 2.23. The lowest BCUT2D eigenvalue weighted by molar-refractivity contribution is 0.264. The second kappa shape index (κ2) is 3.51. The van der Waals surface area contributed by atoms with Gasteiger partial charge in [0.05, 0.1) is 0 Å². The molecular formula is C13H20N2O. The molecule has 1 heterocycles. The van der Waals surface area contributed by atoms with Crippen molar-refractivity contribution in [3.8, 4) is 0 Å². The summed E-state index contributed by atoms with van der Waals surface area (Å²) in [5.74, 6) is 3.00. The Morgan fingerprint density at radius 2 is 2.25 bits per heavy atom. The van der Waals surface area contributed by atoms with E-state index >= 15 is 0 Å². The standard InChI is InChI=1S/C13H20N2O/c1-13(2)6-5-10-11(7-13)16-15-12(10)14-8-9-3-4-9/h9H,3-8H2,1-2H3,(H,14,15). The maximum Gasteiger partial charge on any atom is 0.172 e. The first-order chi connectivity index (χ1) is 7.64. The predicted molar refractivity (Wildman–Crippen MR) is 63.5 cm³/mol.